The van der Waals surface area contributed by atoms with Crippen LogP contribution in [0.4, 0.5) is 0 Å². The zero-order chi connectivity index (χ0) is 20.9. The summed E-state index contributed by atoms with van der Waals surface area (Å²) >= 11 is 1.73. The fourth-order valence-electron chi connectivity index (χ4n) is 4.01. The summed E-state index contributed by atoms with van der Waals surface area (Å²) in [6.07, 6.45) is 0.304. The second-order valence-corrected chi connectivity index (χ2v) is 8.33. The minimum absolute atomic E-state index is 0.0694. The maximum atomic E-state index is 10.7. The van der Waals surface area contributed by atoms with Gasteiger partial charge in [-0.2, -0.15) is 0 Å². The molecule has 2 unspecified atom stereocenters. The first kappa shape index (κ1) is 20.7. The quantitative estimate of drug-likeness (QED) is 0.588. The van der Waals surface area contributed by atoms with Crippen molar-refractivity contribution in [2.45, 2.75) is 18.6 Å². The lowest BCUT2D eigenvalue weighted by molar-refractivity contribution is 0.0558. The molecule has 4 rings (SSSR count). The van der Waals surface area contributed by atoms with Crippen molar-refractivity contribution in [1.29, 1.82) is 0 Å². The summed E-state index contributed by atoms with van der Waals surface area (Å²) in [5.41, 5.74) is 2.47. The molecule has 1 N–H and O–H groups in total. The zero-order valence-corrected chi connectivity index (χ0v) is 18.1. The lowest BCUT2D eigenvalue weighted by Crippen LogP contribution is -2.42. The Kier molecular flexibility index (Phi) is 6.57. The largest absolute Gasteiger partial charge is 0.493 e. The first-order valence-corrected chi connectivity index (χ1v) is 11.0. The van der Waals surface area contributed by atoms with Crippen LogP contribution in [0.3, 0.4) is 0 Å². The van der Waals surface area contributed by atoms with Crippen molar-refractivity contribution in [2.24, 2.45) is 0 Å². The smallest absolute Gasteiger partial charge is 0.161 e. The minimum atomic E-state index is -0.589. The van der Waals surface area contributed by atoms with Gasteiger partial charge in [-0.25, -0.2) is 0 Å². The number of ether oxygens (including phenoxy) is 3. The normalized spacial score (nSPS) is 17.2. The molecule has 0 bridgehead atoms. The van der Waals surface area contributed by atoms with Crippen LogP contribution >= 0.6 is 11.3 Å². The summed E-state index contributed by atoms with van der Waals surface area (Å²) in [6.45, 7) is 1.65. The molecule has 0 radical (unpaired) electrons. The van der Waals surface area contributed by atoms with E-state index in [9.17, 15) is 5.11 Å². The molecule has 2 heterocycles. The number of methoxy groups -OCH3 is 2. The lowest BCUT2D eigenvalue weighted by atomic mass is 9.90. The number of para-hydroxylation sites is 1. The Morgan fingerprint density at radius 1 is 1.07 bits per heavy atom. The Morgan fingerprint density at radius 2 is 1.83 bits per heavy atom. The van der Waals surface area contributed by atoms with E-state index < -0.39 is 6.10 Å². The SMILES string of the molecule is COc1cc2c(cc1OC)C(c1cccs1)N(CC(O)COc1ccccc1)CC2. The Morgan fingerprint density at radius 3 is 2.53 bits per heavy atom. The third-order valence-electron chi connectivity index (χ3n) is 5.42. The molecule has 2 aromatic carbocycles. The molecule has 3 aromatic rings. The van der Waals surface area contributed by atoms with Crippen LogP contribution in [0.2, 0.25) is 0 Å². The molecule has 0 saturated heterocycles. The summed E-state index contributed by atoms with van der Waals surface area (Å²) < 4.78 is 16.8. The van der Waals surface area contributed by atoms with Crippen LogP contribution in [0.1, 0.15) is 22.0 Å². The highest BCUT2D eigenvalue weighted by Gasteiger charge is 2.32. The Hall–Kier alpha value is -2.54. The Labute approximate surface area is 181 Å². The Bertz CT molecular complexity index is 945. The van der Waals surface area contributed by atoms with Crippen molar-refractivity contribution < 1.29 is 19.3 Å². The van der Waals surface area contributed by atoms with Gasteiger partial charge in [0.25, 0.3) is 0 Å². The van der Waals surface area contributed by atoms with Gasteiger partial charge in [0, 0.05) is 18.0 Å². The molecular formula is C24H27NO4S. The lowest BCUT2D eigenvalue weighted by Gasteiger charge is -2.38. The van der Waals surface area contributed by atoms with E-state index >= 15 is 0 Å². The summed E-state index contributed by atoms with van der Waals surface area (Å²) in [6, 6.07) is 18.1. The van der Waals surface area contributed by atoms with E-state index in [2.05, 4.69) is 34.5 Å². The minimum Gasteiger partial charge on any atom is -0.493 e. The van der Waals surface area contributed by atoms with Crippen LogP contribution < -0.4 is 14.2 Å². The van der Waals surface area contributed by atoms with Crippen molar-refractivity contribution in [3.05, 3.63) is 76.0 Å². The summed E-state index contributed by atoms with van der Waals surface area (Å²) in [4.78, 5) is 3.58. The number of hydrogen-bond donors (Lipinski definition) is 1. The molecule has 0 spiro atoms. The van der Waals surface area contributed by atoms with Crippen LogP contribution in [-0.4, -0.2) is 50.0 Å². The molecule has 0 fully saturated rings. The first-order valence-electron chi connectivity index (χ1n) is 10.1. The van der Waals surface area contributed by atoms with E-state index in [-0.39, 0.29) is 12.6 Å². The standard InChI is InChI=1S/C24H27NO4S/c1-27-21-13-17-10-11-25(15-18(26)16-29-19-7-4-3-5-8-19)24(23-9-6-12-30-23)20(17)14-22(21)28-2/h3-9,12-14,18,24,26H,10-11,15-16H2,1-2H3. The van der Waals surface area contributed by atoms with Gasteiger partial charge in [-0.3, -0.25) is 4.90 Å². The molecule has 2 atom stereocenters. The van der Waals surface area contributed by atoms with E-state index in [1.807, 2.05) is 30.3 Å². The number of benzene rings is 2. The maximum Gasteiger partial charge on any atom is 0.161 e. The van der Waals surface area contributed by atoms with Gasteiger partial charge < -0.3 is 19.3 Å². The van der Waals surface area contributed by atoms with Crippen LogP contribution in [0, 0.1) is 0 Å². The van der Waals surface area contributed by atoms with E-state index in [1.165, 1.54) is 16.0 Å². The van der Waals surface area contributed by atoms with E-state index in [0.717, 1.165) is 30.2 Å². The molecule has 1 aliphatic rings. The predicted octanol–water partition coefficient (Wildman–Crippen LogP) is 4.15. The van der Waals surface area contributed by atoms with Crippen molar-refractivity contribution in [3.63, 3.8) is 0 Å². The molecule has 30 heavy (non-hydrogen) atoms. The number of aliphatic hydroxyl groups excluding tert-OH is 1. The van der Waals surface area contributed by atoms with Gasteiger partial charge in [0.05, 0.1) is 20.3 Å². The number of rotatable bonds is 8. The molecule has 1 aromatic heterocycles. The maximum absolute atomic E-state index is 10.7. The van der Waals surface area contributed by atoms with E-state index in [4.69, 9.17) is 14.2 Å². The third-order valence-corrected chi connectivity index (χ3v) is 6.34. The van der Waals surface area contributed by atoms with Gasteiger partial charge in [0.15, 0.2) is 11.5 Å². The molecule has 1 aliphatic heterocycles. The number of fused-ring (bicyclic) bond motifs is 1. The first-order chi connectivity index (χ1) is 14.7. The molecule has 6 heteroatoms. The van der Waals surface area contributed by atoms with Crippen LogP contribution in [0.25, 0.3) is 0 Å². The molecule has 0 saturated carbocycles. The highest BCUT2D eigenvalue weighted by atomic mass is 32.1. The number of hydrogen-bond acceptors (Lipinski definition) is 6. The molecule has 0 amide bonds. The fourth-order valence-corrected chi connectivity index (χ4v) is 4.88. The van der Waals surface area contributed by atoms with Gasteiger partial charge in [0.1, 0.15) is 18.5 Å². The van der Waals surface area contributed by atoms with Crippen LogP contribution in [0.15, 0.2) is 60.0 Å². The van der Waals surface area contributed by atoms with Gasteiger partial charge in [-0.15, -0.1) is 11.3 Å². The van der Waals surface area contributed by atoms with Crippen molar-refractivity contribution in [3.8, 4) is 17.2 Å². The van der Waals surface area contributed by atoms with Gasteiger partial charge in [-0.1, -0.05) is 24.3 Å². The number of thiophene rings is 1. The predicted molar refractivity (Wildman–Crippen MR) is 119 cm³/mol. The monoisotopic (exact) mass is 425 g/mol. The van der Waals surface area contributed by atoms with Gasteiger partial charge in [0.2, 0.25) is 0 Å². The van der Waals surface area contributed by atoms with E-state index in [1.54, 1.807) is 25.6 Å². The number of aliphatic hydroxyl groups is 1. The summed E-state index contributed by atoms with van der Waals surface area (Å²) in [5.74, 6) is 2.26. The second-order valence-electron chi connectivity index (χ2n) is 7.35. The molecule has 5 nitrogen and oxygen atoms in total. The average Bonchev–Trinajstić information content (AvgIpc) is 3.31. The summed E-state index contributed by atoms with van der Waals surface area (Å²) in [7, 11) is 3.33. The van der Waals surface area contributed by atoms with Crippen molar-refractivity contribution in [1.82, 2.24) is 4.90 Å². The molecular weight excluding hydrogens is 398 g/mol. The number of β-amino-alcohol motifs (C(OH)–C–C–N with tert-alkyl or cyclic N) is 1. The average molecular weight is 426 g/mol. The highest BCUT2D eigenvalue weighted by Crippen LogP contribution is 2.42. The fraction of sp³-hybridized carbons (Fsp3) is 0.333. The summed E-state index contributed by atoms with van der Waals surface area (Å²) in [5, 5.41) is 12.8. The molecule has 0 aliphatic carbocycles. The van der Waals surface area contributed by atoms with Crippen molar-refractivity contribution in [2.75, 3.05) is 33.9 Å². The van der Waals surface area contributed by atoms with Gasteiger partial charge >= 0.3 is 0 Å². The van der Waals surface area contributed by atoms with Crippen LogP contribution in [-0.2, 0) is 6.42 Å². The van der Waals surface area contributed by atoms with E-state index in [0.29, 0.717) is 6.54 Å². The Balaban J connectivity index is 1.56. The second kappa shape index (κ2) is 9.51. The zero-order valence-electron chi connectivity index (χ0n) is 17.3. The van der Waals surface area contributed by atoms with Crippen molar-refractivity contribution >= 4 is 11.3 Å². The third kappa shape index (κ3) is 4.46. The highest BCUT2D eigenvalue weighted by molar-refractivity contribution is 7.10. The number of nitrogens with zero attached hydrogens (tertiary/aromatic N) is 1. The van der Waals surface area contributed by atoms with Crippen LogP contribution in [0.5, 0.6) is 17.2 Å². The topological polar surface area (TPSA) is 51.2 Å². The van der Waals surface area contributed by atoms with Gasteiger partial charge in [-0.05, 0) is 53.3 Å². The molecule has 158 valence electrons.